The van der Waals surface area contributed by atoms with E-state index in [1.807, 2.05) is 57.3 Å². The number of anilines is 2. The van der Waals surface area contributed by atoms with Gasteiger partial charge in [0.15, 0.2) is 11.5 Å². The Morgan fingerprint density at radius 2 is 1.59 bits per heavy atom. The fourth-order valence-corrected chi connectivity index (χ4v) is 11.2. The summed E-state index contributed by atoms with van der Waals surface area (Å²) in [4.78, 5) is 61.3. The van der Waals surface area contributed by atoms with Crippen LogP contribution in [-0.4, -0.2) is 123 Å². The van der Waals surface area contributed by atoms with Crippen LogP contribution < -0.4 is 29.3 Å². The molecular formula is C51H59N7O9S. The minimum Gasteiger partial charge on any atom is -0.493 e. The third-order valence-electron chi connectivity index (χ3n) is 14.1. The zero-order chi connectivity index (χ0) is 47.9. The molecule has 358 valence electrons. The van der Waals surface area contributed by atoms with Crippen molar-refractivity contribution in [1.29, 1.82) is 0 Å². The molecule has 4 aromatic carbocycles. The largest absolute Gasteiger partial charge is 0.493 e. The molecule has 4 aliphatic rings. The number of hydrogen-bond acceptors (Lipinski definition) is 13. The van der Waals surface area contributed by atoms with E-state index in [4.69, 9.17) is 19.3 Å². The predicted molar refractivity (Wildman–Crippen MR) is 259 cm³/mol. The number of aromatic nitrogens is 2. The summed E-state index contributed by atoms with van der Waals surface area (Å²) in [5, 5.41) is 8.04. The van der Waals surface area contributed by atoms with E-state index >= 15 is 0 Å². The van der Waals surface area contributed by atoms with E-state index in [2.05, 4.69) is 32.1 Å². The van der Waals surface area contributed by atoms with Gasteiger partial charge in [-0.1, -0.05) is 12.1 Å². The van der Waals surface area contributed by atoms with E-state index in [9.17, 15) is 27.6 Å². The van der Waals surface area contributed by atoms with Crippen molar-refractivity contribution >= 4 is 55.7 Å². The van der Waals surface area contributed by atoms with Crippen molar-refractivity contribution in [3.05, 3.63) is 101 Å². The van der Waals surface area contributed by atoms with Gasteiger partial charge >= 0.3 is 0 Å². The number of carbonyl (C=O) groups is 4. The molecule has 16 nitrogen and oxygen atoms in total. The average Bonchev–Trinajstić information content (AvgIpc) is 3.80. The first kappa shape index (κ1) is 46.6. The van der Waals surface area contributed by atoms with Crippen molar-refractivity contribution in [1.82, 2.24) is 24.9 Å². The molecule has 17 heteroatoms. The topological polar surface area (TPSA) is 173 Å². The second kappa shape index (κ2) is 18.9. The number of amides is 4. The quantitative estimate of drug-likeness (QED) is 0.116. The predicted octanol–water partition coefficient (Wildman–Crippen LogP) is 6.28. The Morgan fingerprint density at radius 1 is 0.853 bits per heavy atom. The molecule has 9 rings (SSSR count). The lowest BCUT2D eigenvalue weighted by Gasteiger charge is -2.38. The van der Waals surface area contributed by atoms with Crippen LogP contribution in [0, 0.1) is 5.92 Å². The van der Waals surface area contributed by atoms with E-state index in [1.165, 1.54) is 7.11 Å². The van der Waals surface area contributed by atoms with Gasteiger partial charge in [-0.3, -0.25) is 39.0 Å². The van der Waals surface area contributed by atoms with Gasteiger partial charge in [-0.2, -0.15) is 5.10 Å². The normalized spacial score (nSPS) is 19.9. The van der Waals surface area contributed by atoms with Crippen LogP contribution in [-0.2, 0) is 31.9 Å². The lowest BCUT2D eigenvalue weighted by molar-refractivity contribution is -0.137. The number of ether oxygens (including phenoxy) is 3. The van der Waals surface area contributed by atoms with Gasteiger partial charge in [0.2, 0.25) is 11.8 Å². The molecule has 5 aromatic rings. The monoisotopic (exact) mass is 945 g/mol. The number of piperidine rings is 2. The number of rotatable bonds is 15. The highest BCUT2D eigenvalue weighted by molar-refractivity contribution is 7.90. The number of piperazine rings is 1. The maximum atomic E-state index is 14.3. The van der Waals surface area contributed by atoms with Crippen molar-refractivity contribution in [3.63, 3.8) is 0 Å². The summed E-state index contributed by atoms with van der Waals surface area (Å²) in [6, 6.07) is 23.2. The van der Waals surface area contributed by atoms with Crippen molar-refractivity contribution in [2.75, 3.05) is 81.3 Å². The first-order valence-corrected chi connectivity index (χ1v) is 25.5. The number of nitrogens with zero attached hydrogens (tertiary/aromatic N) is 6. The van der Waals surface area contributed by atoms with Crippen molar-refractivity contribution in [2.24, 2.45) is 13.0 Å². The number of fused-ring (bicyclic) bond motifs is 2. The number of benzene rings is 4. The third kappa shape index (κ3) is 9.25. The van der Waals surface area contributed by atoms with Gasteiger partial charge in [0.05, 0.1) is 59.0 Å². The van der Waals surface area contributed by atoms with Crippen LogP contribution in [0.1, 0.15) is 84.0 Å². The first-order valence-electron chi connectivity index (χ1n) is 23.4. The van der Waals surface area contributed by atoms with Crippen LogP contribution in [0.5, 0.6) is 23.0 Å². The smallest absolute Gasteiger partial charge is 0.264 e. The Balaban J connectivity index is 0.767. The molecule has 3 saturated heterocycles. The average molecular weight is 946 g/mol. The SMILES string of the molecule is CCOc1cc(C(CS(C)(=O)=O)N2C(=O)c3cccc(N4CCN(CCC5CCN(c6ccc(Oc7ccc8c(C9(C)CCC(=O)NC9=O)nn(C)c8c7)cc6)CC5)CC4)c3C2=O)ccc1OC. The molecule has 5 heterocycles. The third-order valence-corrected chi connectivity index (χ3v) is 15.1. The lowest BCUT2D eigenvalue weighted by Crippen LogP contribution is -2.50. The van der Waals surface area contributed by atoms with Crippen LogP contribution in [0.3, 0.4) is 0 Å². The van der Waals surface area contributed by atoms with Gasteiger partial charge in [0.1, 0.15) is 21.3 Å². The zero-order valence-corrected chi connectivity index (χ0v) is 40.1. The van der Waals surface area contributed by atoms with E-state index in [-0.39, 0.29) is 23.8 Å². The fourth-order valence-electron chi connectivity index (χ4n) is 10.3. The van der Waals surface area contributed by atoms with Crippen LogP contribution in [0.25, 0.3) is 10.9 Å². The Labute approximate surface area is 397 Å². The van der Waals surface area contributed by atoms with E-state index in [1.54, 1.807) is 35.0 Å². The van der Waals surface area contributed by atoms with Gasteiger partial charge < -0.3 is 24.0 Å². The van der Waals surface area contributed by atoms with E-state index < -0.39 is 38.9 Å². The van der Waals surface area contributed by atoms with Crippen LogP contribution in [0.15, 0.2) is 78.9 Å². The van der Waals surface area contributed by atoms with E-state index in [0.717, 1.165) is 85.5 Å². The second-order valence-corrected chi connectivity index (χ2v) is 20.8. The zero-order valence-electron chi connectivity index (χ0n) is 39.3. The standard InChI is InChI=1S/C51H59N7O9S/c1-6-66-44-30-34(10-17-43(44)65-4)42(32-68(5,63)64)58-48(60)39-8-7-9-40(46(39)49(58)61)57-28-26-55(27-29-57)23-19-33-20-24-56(25-21-33)35-11-13-36(14-12-35)67-37-15-16-38-41(31-37)54(3)53-47(38)51(2)22-18-45(59)52-50(51)62/h7-17,30-31,33,42H,6,18-29,32H2,1-5H3,(H,52,59,62). The van der Waals surface area contributed by atoms with Crippen LogP contribution in [0.4, 0.5) is 11.4 Å². The molecule has 0 spiro atoms. The fraction of sp³-hybridized carbons (Fsp3) is 0.431. The minimum atomic E-state index is -3.63. The van der Waals surface area contributed by atoms with Crippen LogP contribution >= 0.6 is 0 Å². The summed E-state index contributed by atoms with van der Waals surface area (Å²) < 4.78 is 44.8. The molecule has 4 aliphatic heterocycles. The molecule has 68 heavy (non-hydrogen) atoms. The van der Waals surface area contributed by atoms with Crippen molar-refractivity contribution in [3.8, 4) is 23.0 Å². The lowest BCUT2D eigenvalue weighted by atomic mass is 9.77. The summed E-state index contributed by atoms with van der Waals surface area (Å²) in [5.74, 6) is 0.853. The van der Waals surface area contributed by atoms with Gasteiger partial charge in [-0.05, 0) is 118 Å². The summed E-state index contributed by atoms with van der Waals surface area (Å²) in [7, 11) is -0.267. The minimum absolute atomic E-state index is 0.255. The number of sulfone groups is 1. The maximum Gasteiger partial charge on any atom is 0.264 e. The summed E-state index contributed by atoms with van der Waals surface area (Å²) in [6.07, 6.45) is 5.11. The molecule has 1 aromatic heterocycles. The summed E-state index contributed by atoms with van der Waals surface area (Å²) in [6.45, 7) is 10.00. The Hall–Kier alpha value is -6.46. The van der Waals surface area contributed by atoms with Gasteiger partial charge in [0.25, 0.3) is 11.8 Å². The summed E-state index contributed by atoms with van der Waals surface area (Å²) in [5.41, 5.74) is 3.52. The number of methoxy groups -OCH3 is 1. The Morgan fingerprint density at radius 3 is 2.28 bits per heavy atom. The molecule has 1 N–H and O–H groups in total. The summed E-state index contributed by atoms with van der Waals surface area (Å²) >= 11 is 0. The first-order chi connectivity index (χ1) is 32.6. The number of hydrogen-bond donors (Lipinski definition) is 1. The van der Waals surface area contributed by atoms with Gasteiger partial charge in [0, 0.05) is 76.1 Å². The molecule has 4 amide bonds. The van der Waals surface area contributed by atoms with Crippen molar-refractivity contribution < 1.29 is 41.8 Å². The molecular weight excluding hydrogens is 887 g/mol. The van der Waals surface area contributed by atoms with Crippen molar-refractivity contribution in [2.45, 2.75) is 57.4 Å². The molecule has 0 aliphatic carbocycles. The van der Waals surface area contributed by atoms with Gasteiger partial charge in [-0.25, -0.2) is 8.42 Å². The highest BCUT2D eigenvalue weighted by Gasteiger charge is 2.45. The van der Waals surface area contributed by atoms with E-state index in [0.29, 0.717) is 71.8 Å². The maximum absolute atomic E-state index is 14.3. The number of nitrogens with one attached hydrogen (secondary N) is 1. The molecule has 2 atom stereocenters. The number of aryl methyl sites for hydroxylation is 1. The van der Waals surface area contributed by atoms with Crippen LogP contribution in [0.2, 0.25) is 0 Å². The molecule has 2 unspecified atom stereocenters. The van der Waals surface area contributed by atoms with Gasteiger partial charge in [-0.15, -0.1) is 0 Å². The Bertz CT molecular complexity index is 2870. The number of carbonyl (C=O) groups excluding carboxylic acids is 4. The highest BCUT2D eigenvalue weighted by atomic mass is 32.2. The second-order valence-electron chi connectivity index (χ2n) is 18.6. The number of imide groups is 2. The Kier molecular flexibility index (Phi) is 13.0. The molecule has 3 fully saturated rings. The molecule has 0 radical (unpaired) electrons. The molecule has 0 bridgehead atoms. The molecule has 0 saturated carbocycles. The highest BCUT2D eigenvalue weighted by Crippen LogP contribution is 2.41.